The largest absolute Gasteiger partial charge is 0.310 e. The molecule has 1 atom stereocenters. The van der Waals surface area contributed by atoms with Gasteiger partial charge in [-0.3, -0.25) is 9.59 Å². The van der Waals surface area contributed by atoms with Gasteiger partial charge in [-0.1, -0.05) is 6.92 Å². The Bertz CT molecular complexity index is 1320. The number of amides is 2. The summed E-state index contributed by atoms with van der Waals surface area (Å²) >= 11 is 0. The van der Waals surface area contributed by atoms with Crippen LogP contribution in [-0.2, 0) is 21.5 Å². The topological polar surface area (TPSA) is 115 Å². The molecule has 5 heterocycles. The molecule has 5 rings (SSSR count). The third-order valence-corrected chi connectivity index (χ3v) is 6.01. The fourth-order valence-corrected chi connectivity index (χ4v) is 4.39. The average molecular weight is 459 g/mol. The number of halogens is 3. The first-order chi connectivity index (χ1) is 15.5. The predicted molar refractivity (Wildman–Crippen MR) is 112 cm³/mol. The molecule has 12 heteroatoms. The number of anilines is 2. The summed E-state index contributed by atoms with van der Waals surface area (Å²) in [6.45, 7) is 2.52. The fourth-order valence-electron chi connectivity index (χ4n) is 4.39. The van der Waals surface area contributed by atoms with Gasteiger partial charge in [0.1, 0.15) is 23.1 Å². The smallest absolute Gasteiger partial charge is 0.247 e. The minimum absolute atomic E-state index is 0.00917. The average Bonchev–Trinajstić information content (AvgIpc) is 3.01. The lowest BCUT2D eigenvalue weighted by atomic mass is 9.74. The number of carbonyl (C=O) groups excluding carboxylic acids is 2. The van der Waals surface area contributed by atoms with E-state index in [1.165, 1.54) is 10.7 Å². The first-order valence-corrected chi connectivity index (χ1v) is 10.4. The van der Waals surface area contributed by atoms with Crippen LogP contribution in [0.5, 0.6) is 0 Å². The van der Waals surface area contributed by atoms with Crippen LogP contribution in [0.15, 0.2) is 12.3 Å². The molecule has 0 radical (unpaired) electrons. The summed E-state index contributed by atoms with van der Waals surface area (Å²) in [4.78, 5) is 37.7. The third-order valence-electron chi connectivity index (χ3n) is 6.01. The van der Waals surface area contributed by atoms with Crippen LogP contribution in [0, 0.1) is 5.82 Å². The number of carbonyl (C=O) groups is 2. The van der Waals surface area contributed by atoms with Crippen molar-refractivity contribution in [2.45, 2.75) is 57.4 Å². The van der Waals surface area contributed by atoms with E-state index in [9.17, 15) is 22.8 Å². The molecule has 0 saturated carbocycles. The zero-order valence-corrected chi connectivity index (χ0v) is 17.9. The van der Waals surface area contributed by atoms with Gasteiger partial charge >= 0.3 is 0 Å². The molecule has 1 unspecified atom stereocenters. The van der Waals surface area contributed by atoms with E-state index in [0.717, 1.165) is 13.1 Å². The lowest BCUT2D eigenvalue weighted by Crippen LogP contribution is -2.35. The maximum atomic E-state index is 14.0. The van der Waals surface area contributed by atoms with E-state index in [0.29, 0.717) is 12.0 Å². The lowest BCUT2D eigenvalue weighted by Gasteiger charge is -2.34. The highest BCUT2D eigenvalue weighted by atomic mass is 19.3. The summed E-state index contributed by atoms with van der Waals surface area (Å²) in [5.74, 6) is -3.58. The van der Waals surface area contributed by atoms with E-state index < -0.39 is 23.6 Å². The van der Waals surface area contributed by atoms with Crippen LogP contribution in [-0.4, -0.2) is 42.5 Å². The minimum Gasteiger partial charge on any atom is -0.310 e. The molecule has 0 aliphatic carbocycles. The van der Waals surface area contributed by atoms with Gasteiger partial charge in [0.15, 0.2) is 11.5 Å². The molecule has 0 spiro atoms. The molecule has 2 amide bonds. The van der Waals surface area contributed by atoms with Crippen LogP contribution in [0.1, 0.15) is 45.1 Å². The van der Waals surface area contributed by atoms with Crippen LogP contribution in [0.25, 0.3) is 22.6 Å². The van der Waals surface area contributed by atoms with Crippen LogP contribution >= 0.6 is 0 Å². The predicted octanol–water partition coefficient (Wildman–Crippen LogP) is 3.40. The quantitative estimate of drug-likeness (QED) is 0.618. The highest BCUT2D eigenvalue weighted by molar-refractivity contribution is 6.00. The molecule has 33 heavy (non-hydrogen) atoms. The molecule has 3 aromatic heterocycles. The number of hydrogen-bond donors (Lipinski definition) is 2. The Morgan fingerprint density at radius 3 is 2.58 bits per heavy atom. The Kier molecular flexibility index (Phi) is 4.66. The standard InChI is InChI=1S/C21H20F3N7O2/c1-20-4-3-12(32)26-16-14(20)17(27-13(33)8-20)29-18(28-16)15-11-7-10(22)9-25-19(11)31(30-15)6-5-21(2,23)24/h7,9H,3-6,8H2,1-2H3,(H2,26,27,28,29,32,33). The SMILES string of the molecule is CC(F)(F)CCn1nc(-c2nc3c4c(n2)NC(=O)CC4(C)CCC(=O)N3)c2cc(F)cnc21. The van der Waals surface area contributed by atoms with Crippen molar-refractivity contribution in [1.29, 1.82) is 0 Å². The summed E-state index contributed by atoms with van der Waals surface area (Å²) in [5, 5.41) is 10.1. The Balaban J connectivity index is 1.70. The Morgan fingerprint density at radius 2 is 1.88 bits per heavy atom. The van der Waals surface area contributed by atoms with Crippen molar-refractivity contribution in [3.8, 4) is 11.5 Å². The van der Waals surface area contributed by atoms with Crippen molar-refractivity contribution < 1.29 is 22.8 Å². The molecular weight excluding hydrogens is 439 g/mol. The third kappa shape index (κ3) is 3.79. The van der Waals surface area contributed by atoms with Gasteiger partial charge < -0.3 is 10.6 Å². The van der Waals surface area contributed by atoms with Gasteiger partial charge in [0.05, 0.1) is 11.6 Å². The molecule has 0 fully saturated rings. The number of nitrogens with one attached hydrogen (secondary N) is 2. The van der Waals surface area contributed by atoms with E-state index in [1.807, 2.05) is 6.92 Å². The second kappa shape index (κ2) is 7.22. The summed E-state index contributed by atoms with van der Waals surface area (Å²) in [6, 6.07) is 1.17. The zero-order valence-electron chi connectivity index (χ0n) is 17.9. The number of aromatic nitrogens is 5. The second-order valence-corrected chi connectivity index (χ2v) is 8.87. The summed E-state index contributed by atoms with van der Waals surface area (Å²) in [7, 11) is 0. The molecule has 0 bridgehead atoms. The summed E-state index contributed by atoms with van der Waals surface area (Å²) in [6.07, 6.45) is 1.33. The van der Waals surface area contributed by atoms with Gasteiger partial charge in [-0.15, -0.1) is 0 Å². The minimum atomic E-state index is -2.93. The molecule has 0 aromatic carbocycles. The molecule has 2 aliphatic rings. The van der Waals surface area contributed by atoms with Gasteiger partial charge in [0, 0.05) is 36.8 Å². The molecular formula is C21H20F3N7O2. The number of hydrogen-bond acceptors (Lipinski definition) is 6. The van der Waals surface area contributed by atoms with Gasteiger partial charge in [0.25, 0.3) is 0 Å². The second-order valence-electron chi connectivity index (χ2n) is 8.87. The molecule has 0 saturated heterocycles. The zero-order chi connectivity index (χ0) is 23.5. The molecule has 3 aromatic rings. The fraction of sp³-hybridized carbons (Fsp3) is 0.429. The normalized spacial score (nSPS) is 20.3. The van der Waals surface area contributed by atoms with Gasteiger partial charge in [0.2, 0.25) is 17.7 Å². The van der Waals surface area contributed by atoms with E-state index in [4.69, 9.17) is 0 Å². The van der Waals surface area contributed by atoms with Gasteiger partial charge in [-0.05, 0) is 19.4 Å². The van der Waals surface area contributed by atoms with Crippen molar-refractivity contribution in [2.24, 2.45) is 0 Å². The Morgan fingerprint density at radius 1 is 1.18 bits per heavy atom. The van der Waals surface area contributed by atoms with E-state index in [1.54, 1.807) is 0 Å². The summed E-state index contributed by atoms with van der Waals surface area (Å²) < 4.78 is 42.2. The van der Waals surface area contributed by atoms with Crippen molar-refractivity contribution in [3.63, 3.8) is 0 Å². The van der Waals surface area contributed by atoms with E-state index in [2.05, 4.69) is 30.7 Å². The number of rotatable bonds is 4. The highest BCUT2D eigenvalue weighted by Crippen LogP contribution is 2.46. The van der Waals surface area contributed by atoms with Crippen LogP contribution in [0.2, 0.25) is 0 Å². The number of fused-ring (bicyclic) bond motifs is 1. The van der Waals surface area contributed by atoms with Crippen molar-refractivity contribution >= 4 is 34.5 Å². The van der Waals surface area contributed by atoms with Crippen LogP contribution in [0.4, 0.5) is 24.8 Å². The van der Waals surface area contributed by atoms with Crippen molar-refractivity contribution in [3.05, 3.63) is 23.6 Å². The monoisotopic (exact) mass is 459 g/mol. The molecule has 172 valence electrons. The molecule has 2 N–H and O–H groups in total. The van der Waals surface area contributed by atoms with Crippen molar-refractivity contribution in [1.82, 2.24) is 24.7 Å². The lowest BCUT2D eigenvalue weighted by molar-refractivity contribution is -0.119. The molecule has 2 aliphatic heterocycles. The first-order valence-electron chi connectivity index (χ1n) is 10.4. The Hall–Kier alpha value is -3.57. The number of nitrogens with zero attached hydrogens (tertiary/aromatic N) is 5. The van der Waals surface area contributed by atoms with Crippen LogP contribution in [0.3, 0.4) is 0 Å². The highest BCUT2D eigenvalue weighted by Gasteiger charge is 2.42. The van der Waals surface area contributed by atoms with Gasteiger partial charge in [-0.25, -0.2) is 32.8 Å². The maximum absolute atomic E-state index is 14.0. The Labute approximate surface area is 185 Å². The van der Waals surface area contributed by atoms with E-state index in [-0.39, 0.29) is 65.4 Å². The first kappa shape index (κ1) is 21.3. The number of alkyl halides is 2. The van der Waals surface area contributed by atoms with Gasteiger partial charge in [-0.2, -0.15) is 5.10 Å². The summed E-state index contributed by atoms with van der Waals surface area (Å²) in [5.41, 5.74) is 0.290. The molecule has 9 nitrogen and oxygen atoms in total. The van der Waals surface area contributed by atoms with Crippen molar-refractivity contribution in [2.75, 3.05) is 10.6 Å². The van der Waals surface area contributed by atoms with Crippen LogP contribution < -0.4 is 10.6 Å². The number of aryl methyl sites for hydroxylation is 1. The number of pyridine rings is 1. The maximum Gasteiger partial charge on any atom is 0.247 e. The van der Waals surface area contributed by atoms with E-state index >= 15 is 0 Å².